The number of carbonyl (C=O) groups is 4. The second-order valence-electron chi connectivity index (χ2n) is 3.14. The fraction of sp³-hybridized carbons (Fsp3) is 0.556. The molecule has 0 spiro atoms. The van der Waals surface area contributed by atoms with Crippen molar-refractivity contribution < 1.29 is 38.5 Å². The van der Waals surface area contributed by atoms with Gasteiger partial charge in [-0.05, 0) is 0 Å². The van der Waals surface area contributed by atoms with Crippen molar-refractivity contribution in [2.24, 2.45) is 0 Å². The average molecular weight is 317 g/mol. The zero-order valence-corrected chi connectivity index (χ0v) is 15.0. The zero-order valence-electron chi connectivity index (χ0n) is 11.9. The Hall–Kier alpha value is -0.564. The molecule has 0 unspecified atom stereocenters. The molecule has 0 bridgehead atoms. The monoisotopic (exact) mass is 317 g/mol. The van der Waals surface area contributed by atoms with Gasteiger partial charge in [0.05, 0.1) is 10.5 Å². The molecule has 0 N–H and O–H groups in total. The molecule has 0 aliphatic carbocycles. The van der Waals surface area contributed by atoms with Crippen molar-refractivity contribution in [3.8, 4) is 0 Å². The van der Waals surface area contributed by atoms with Crippen LogP contribution in [-0.4, -0.2) is 92.4 Å². The first-order chi connectivity index (χ1) is 8.70. The van der Waals surface area contributed by atoms with Gasteiger partial charge in [0.2, 0.25) is 0 Å². The molecule has 0 aromatic rings. The molecule has 0 saturated carbocycles. The molecule has 0 aromatic carbocycles. The maximum Gasteiger partial charge on any atom is 0.326 e. The van der Waals surface area contributed by atoms with Crippen molar-refractivity contribution in [3.05, 3.63) is 0 Å². The van der Waals surface area contributed by atoms with Gasteiger partial charge >= 0.3 is 23.9 Å². The van der Waals surface area contributed by atoms with Crippen molar-refractivity contribution in [2.75, 3.05) is 6.67 Å². The van der Waals surface area contributed by atoms with Gasteiger partial charge in [0.1, 0.15) is 0 Å². The van der Waals surface area contributed by atoms with E-state index in [1.165, 1.54) is 0 Å². The van der Waals surface area contributed by atoms with E-state index in [4.69, 9.17) is 0 Å². The van der Waals surface area contributed by atoms with E-state index in [1.54, 1.807) is 0 Å². The molecular formula is C9H14KN2O8. The van der Waals surface area contributed by atoms with Crippen molar-refractivity contribution in [1.82, 2.24) is 10.5 Å². The summed E-state index contributed by atoms with van der Waals surface area (Å²) in [5, 5.41) is 0.771. The number of hydroxylamine groups is 4. The van der Waals surface area contributed by atoms with Gasteiger partial charge in [-0.25, -0.2) is 0 Å². The molecule has 109 valence electrons. The van der Waals surface area contributed by atoms with Crippen LogP contribution in [-0.2, 0) is 38.5 Å². The number of hydrogen-bond donors (Lipinski definition) is 0. The van der Waals surface area contributed by atoms with Crippen LogP contribution in [0.25, 0.3) is 0 Å². The van der Waals surface area contributed by atoms with Gasteiger partial charge in [-0.2, -0.15) is 0 Å². The minimum Gasteiger partial charge on any atom is -0.332 e. The van der Waals surface area contributed by atoms with E-state index >= 15 is 0 Å². The number of carbonyl (C=O) groups excluding carboxylic acids is 4. The molecule has 0 heterocycles. The maximum absolute atomic E-state index is 10.8. The Kier molecular flexibility index (Phi) is 12.1. The summed E-state index contributed by atoms with van der Waals surface area (Å²) in [6, 6.07) is 0. The summed E-state index contributed by atoms with van der Waals surface area (Å²) in [5.41, 5.74) is 0. The predicted molar refractivity (Wildman–Crippen MR) is 61.4 cm³/mol. The Morgan fingerprint density at radius 3 is 1.00 bits per heavy atom. The Morgan fingerprint density at radius 2 is 0.850 bits per heavy atom. The fourth-order valence-electron chi connectivity index (χ4n) is 0.821. The van der Waals surface area contributed by atoms with Gasteiger partial charge in [0.15, 0.2) is 6.67 Å². The van der Waals surface area contributed by atoms with E-state index in [-0.39, 0.29) is 51.4 Å². The molecule has 0 fully saturated rings. The van der Waals surface area contributed by atoms with Crippen LogP contribution in [0.2, 0.25) is 0 Å². The fourth-order valence-corrected chi connectivity index (χ4v) is 0.821. The van der Waals surface area contributed by atoms with Crippen LogP contribution >= 0.6 is 0 Å². The van der Waals surface area contributed by atoms with Crippen LogP contribution in [0.3, 0.4) is 0 Å². The second-order valence-corrected chi connectivity index (χ2v) is 3.14. The molecule has 0 atom stereocenters. The predicted octanol–water partition coefficient (Wildman–Crippen LogP) is -0.920. The van der Waals surface area contributed by atoms with E-state index in [1.807, 2.05) is 0 Å². The van der Waals surface area contributed by atoms with Crippen LogP contribution < -0.4 is 0 Å². The summed E-state index contributed by atoms with van der Waals surface area (Å²) in [6.45, 7) is 3.58. The summed E-state index contributed by atoms with van der Waals surface area (Å²) in [7, 11) is 0. The first-order valence-corrected chi connectivity index (χ1v) is 5.00. The van der Waals surface area contributed by atoms with Crippen LogP contribution in [0.5, 0.6) is 0 Å². The van der Waals surface area contributed by atoms with Crippen LogP contribution in [0.4, 0.5) is 0 Å². The minimum atomic E-state index is -0.799. The number of nitrogens with zero attached hydrogens (tertiary/aromatic N) is 2. The molecule has 0 rings (SSSR count). The second kappa shape index (κ2) is 11.1. The van der Waals surface area contributed by atoms with E-state index in [9.17, 15) is 19.2 Å². The summed E-state index contributed by atoms with van der Waals surface area (Å²) >= 11 is 0. The number of hydrogen-bond acceptors (Lipinski definition) is 10. The van der Waals surface area contributed by atoms with Crippen molar-refractivity contribution in [1.29, 1.82) is 0 Å². The molecule has 0 amide bonds. The third kappa shape index (κ3) is 12.5. The van der Waals surface area contributed by atoms with E-state index in [0.29, 0.717) is 10.5 Å². The normalized spacial score (nSPS) is 9.50. The van der Waals surface area contributed by atoms with Gasteiger partial charge in [-0.3, -0.25) is 19.2 Å². The molecular weight excluding hydrogens is 303 g/mol. The summed E-state index contributed by atoms with van der Waals surface area (Å²) in [5.74, 6) is -3.20. The first-order valence-electron chi connectivity index (χ1n) is 5.00. The third-order valence-corrected chi connectivity index (χ3v) is 1.15. The maximum atomic E-state index is 10.8. The zero-order chi connectivity index (χ0) is 15.0. The Morgan fingerprint density at radius 1 is 0.650 bits per heavy atom. The molecule has 0 aliphatic rings. The Balaban J connectivity index is 0. The Bertz CT molecular complexity index is 309. The van der Waals surface area contributed by atoms with Gasteiger partial charge in [-0.1, -0.05) is 0 Å². The molecule has 20 heavy (non-hydrogen) atoms. The molecule has 1 radical (unpaired) electrons. The first kappa shape index (κ1) is 21.7. The SMILES string of the molecule is CC(=O)ON(CN(OC(C)=O)OC(C)=O)OC(C)=O.[K]. The van der Waals surface area contributed by atoms with Crippen molar-refractivity contribution in [2.45, 2.75) is 27.7 Å². The van der Waals surface area contributed by atoms with Gasteiger partial charge in [0, 0.05) is 79.1 Å². The van der Waals surface area contributed by atoms with E-state index < -0.39 is 30.5 Å². The molecule has 0 aliphatic heterocycles. The average Bonchev–Trinajstić information content (AvgIpc) is 2.11. The summed E-state index contributed by atoms with van der Waals surface area (Å²) in [4.78, 5) is 61.0. The van der Waals surface area contributed by atoms with Crippen molar-refractivity contribution >= 4 is 75.3 Å². The van der Waals surface area contributed by atoms with Gasteiger partial charge < -0.3 is 19.4 Å². The van der Waals surface area contributed by atoms with Gasteiger partial charge in [-0.15, -0.1) is 0 Å². The van der Waals surface area contributed by atoms with Crippen LogP contribution in [0.1, 0.15) is 27.7 Å². The van der Waals surface area contributed by atoms with E-state index in [2.05, 4.69) is 19.4 Å². The smallest absolute Gasteiger partial charge is 0.326 e. The standard InChI is InChI=1S/C9H14N2O8.K/c1-6(12)16-10(17-7(2)13)5-11(18-8(3)14)19-9(4)15;/h5H2,1-4H3;. The largest absolute Gasteiger partial charge is 0.332 e. The molecule has 0 aromatic heterocycles. The number of rotatable bonds is 6. The minimum absolute atomic E-state index is 0. The quantitative estimate of drug-likeness (QED) is 0.346. The van der Waals surface area contributed by atoms with Gasteiger partial charge in [0.25, 0.3) is 0 Å². The molecule has 0 saturated heterocycles. The third-order valence-electron chi connectivity index (χ3n) is 1.15. The van der Waals surface area contributed by atoms with Crippen LogP contribution in [0, 0.1) is 0 Å². The summed E-state index contributed by atoms with van der Waals surface area (Å²) in [6.07, 6.45) is 0. The Labute approximate surface area is 157 Å². The topological polar surface area (TPSA) is 112 Å². The van der Waals surface area contributed by atoms with E-state index in [0.717, 1.165) is 27.7 Å². The van der Waals surface area contributed by atoms with Crippen molar-refractivity contribution in [3.63, 3.8) is 0 Å². The summed E-state index contributed by atoms with van der Waals surface area (Å²) < 4.78 is 0. The van der Waals surface area contributed by atoms with Crippen LogP contribution in [0.15, 0.2) is 0 Å². The molecule has 10 nitrogen and oxygen atoms in total. The molecule has 11 heteroatoms.